The average molecular weight is 205 g/mol. The Morgan fingerprint density at radius 1 is 1.27 bits per heavy atom. The van der Waals surface area contributed by atoms with Gasteiger partial charge >= 0.3 is 0 Å². The topological polar surface area (TPSA) is 29.1 Å². The Balaban J connectivity index is 2.78. The van der Waals surface area contributed by atoms with Gasteiger partial charge in [0.2, 0.25) is 0 Å². The van der Waals surface area contributed by atoms with Crippen molar-refractivity contribution in [1.29, 1.82) is 0 Å². The first-order valence-corrected chi connectivity index (χ1v) is 5.53. The quantitative estimate of drug-likeness (QED) is 0.748. The molecule has 15 heavy (non-hydrogen) atoms. The average Bonchev–Trinajstić information content (AvgIpc) is 2.26. The minimum Gasteiger partial charge on any atom is -0.307 e. The van der Waals surface area contributed by atoms with Crippen molar-refractivity contribution >= 4 is 5.78 Å². The standard InChI is InChI=1S/C13H19NO/c1-4-12(14-5-2)13(15)11-8-6-10(3)7-9-11/h6-9,12,14H,4-5H2,1-3H3/t12-/m0/s1. The van der Waals surface area contributed by atoms with Crippen molar-refractivity contribution in [2.45, 2.75) is 33.2 Å². The first-order valence-electron chi connectivity index (χ1n) is 5.53. The van der Waals surface area contributed by atoms with Crippen LogP contribution in [0.4, 0.5) is 0 Å². The highest BCUT2D eigenvalue weighted by atomic mass is 16.1. The normalized spacial score (nSPS) is 12.5. The molecule has 1 rings (SSSR count). The SMILES string of the molecule is CCN[C@@H](CC)C(=O)c1ccc(C)cc1. The zero-order valence-electron chi connectivity index (χ0n) is 9.71. The largest absolute Gasteiger partial charge is 0.307 e. The molecule has 2 heteroatoms. The number of likely N-dealkylation sites (N-methyl/N-ethyl adjacent to an activating group) is 1. The molecular weight excluding hydrogens is 186 g/mol. The van der Waals surface area contributed by atoms with Crippen molar-refractivity contribution in [2.75, 3.05) is 6.54 Å². The fourth-order valence-corrected chi connectivity index (χ4v) is 1.59. The summed E-state index contributed by atoms with van der Waals surface area (Å²) in [5.74, 6) is 0.194. The van der Waals surface area contributed by atoms with Crippen LogP contribution in [0.3, 0.4) is 0 Å². The summed E-state index contributed by atoms with van der Waals surface area (Å²) in [6.45, 7) is 6.90. The number of ketones is 1. The summed E-state index contributed by atoms with van der Waals surface area (Å²) in [6.07, 6.45) is 0.834. The first kappa shape index (κ1) is 11.9. The molecule has 0 saturated carbocycles. The first-order chi connectivity index (χ1) is 7.19. The number of hydrogen-bond acceptors (Lipinski definition) is 2. The summed E-state index contributed by atoms with van der Waals surface area (Å²) in [7, 11) is 0. The highest BCUT2D eigenvalue weighted by Gasteiger charge is 2.16. The summed E-state index contributed by atoms with van der Waals surface area (Å²) in [4.78, 5) is 12.0. The van der Waals surface area contributed by atoms with E-state index in [9.17, 15) is 4.79 Å². The van der Waals surface area contributed by atoms with Crippen LogP contribution in [0.5, 0.6) is 0 Å². The Kier molecular flexibility index (Phi) is 4.50. The smallest absolute Gasteiger partial charge is 0.179 e. The summed E-state index contributed by atoms with van der Waals surface area (Å²) < 4.78 is 0. The van der Waals surface area contributed by atoms with Gasteiger partial charge in [-0.25, -0.2) is 0 Å². The van der Waals surface area contributed by atoms with E-state index in [4.69, 9.17) is 0 Å². The van der Waals surface area contributed by atoms with E-state index in [2.05, 4.69) is 5.32 Å². The molecule has 0 aliphatic rings. The van der Waals surface area contributed by atoms with Crippen molar-refractivity contribution in [1.82, 2.24) is 5.32 Å². The minimum atomic E-state index is -0.0438. The molecule has 2 nitrogen and oxygen atoms in total. The summed E-state index contributed by atoms with van der Waals surface area (Å²) in [5, 5.41) is 3.20. The van der Waals surface area contributed by atoms with E-state index in [1.54, 1.807) is 0 Å². The van der Waals surface area contributed by atoms with Gasteiger partial charge < -0.3 is 5.32 Å². The molecule has 1 aromatic carbocycles. The van der Waals surface area contributed by atoms with Gasteiger partial charge in [-0.3, -0.25) is 4.79 Å². The van der Waals surface area contributed by atoms with Crippen LogP contribution in [-0.4, -0.2) is 18.4 Å². The lowest BCUT2D eigenvalue weighted by Gasteiger charge is -2.14. The van der Waals surface area contributed by atoms with E-state index < -0.39 is 0 Å². The Morgan fingerprint density at radius 3 is 2.33 bits per heavy atom. The van der Waals surface area contributed by atoms with E-state index >= 15 is 0 Å². The highest BCUT2D eigenvalue weighted by molar-refractivity contribution is 6.00. The van der Waals surface area contributed by atoms with Gasteiger partial charge in [-0.15, -0.1) is 0 Å². The van der Waals surface area contributed by atoms with Gasteiger partial charge in [0.05, 0.1) is 6.04 Å². The molecule has 0 fully saturated rings. The molecule has 0 unspecified atom stereocenters. The van der Waals surface area contributed by atoms with Crippen molar-refractivity contribution in [2.24, 2.45) is 0 Å². The summed E-state index contributed by atoms with van der Waals surface area (Å²) >= 11 is 0. The third-order valence-electron chi connectivity index (χ3n) is 2.51. The highest BCUT2D eigenvalue weighted by Crippen LogP contribution is 2.08. The van der Waals surface area contributed by atoms with E-state index in [1.807, 2.05) is 45.0 Å². The molecule has 1 atom stereocenters. The molecule has 0 amide bonds. The molecule has 0 aliphatic carbocycles. The van der Waals surface area contributed by atoms with E-state index in [0.717, 1.165) is 18.5 Å². The predicted molar refractivity (Wildman–Crippen MR) is 63.3 cm³/mol. The van der Waals surface area contributed by atoms with Gasteiger partial charge in [-0.05, 0) is 19.9 Å². The van der Waals surface area contributed by atoms with Crippen LogP contribution in [0.25, 0.3) is 0 Å². The fourth-order valence-electron chi connectivity index (χ4n) is 1.59. The van der Waals surface area contributed by atoms with Gasteiger partial charge in [0.25, 0.3) is 0 Å². The second-order valence-electron chi connectivity index (χ2n) is 3.75. The zero-order chi connectivity index (χ0) is 11.3. The third-order valence-corrected chi connectivity index (χ3v) is 2.51. The van der Waals surface area contributed by atoms with E-state index in [-0.39, 0.29) is 11.8 Å². The second kappa shape index (κ2) is 5.66. The van der Waals surface area contributed by atoms with E-state index in [1.165, 1.54) is 5.56 Å². The van der Waals surface area contributed by atoms with Crippen molar-refractivity contribution in [3.8, 4) is 0 Å². The molecule has 1 N–H and O–H groups in total. The molecule has 0 radical (unpaired) electrons. The van der Waals surface area contributed by atoms with Gasteiger partial charge in [0.1, 0.15) is 0 Å². The Labute approximate surface area is 91.7 Å². The number of carbonyl (C=O) groups is 1. The van der Waals surface area contributed by atoms with Gasteiger partial charge in [0.15, 0.2) is 5.78 Å². The number of rotatable bonds is 5. The monoisotopic (exact) mass is 205 g/mol. The van der Waals surface area contributed by atoms with Gasteiger partial charge in [0, 0.05) is 5.56 Å². The Hall–Kier alpha value is -1.15. The van der Waals surface area contributed by atoms with Crippen LogP contribution in [0.15, 0.2) is 24.3 Å². The van der Waals surface area contributed by atoms with Gasteiger partial charge in [-0.2, -0.15) is 0 Å². The van der Waals surface area contributed by atoms with Crippen LogP contribution >= 0.6 is 0 Å². The molecule has 82 valence electrons. The number of nitrogens with one attached hydrogen (secondary N) is 1. The van der Waals surface area contributed by atoms with Crippen LogP contribution in [-0.2, 0) is 0 Å². The molecule has 0 heterocycles. The molecular formula is C13H19NO. The summed E-state index contributed by atoms with van der Waals surface area (Å²) in [5.41, 5.74) is 1.98. The Morgan fingerprint density at radius 2 is 1.87 bits per heavy atom. The number of Topliss-reactive ketones (excluding diaryl/α,β-unsaturated/α-hetero) is 1. The zero-order valence-corrected chi connectivity index (χ0v) is 9.71. The predicted octanol–water partition coefficient (Wildman–Crippen LogP) is 2.57. The van der Waals surface area contributed by atoms with Crippen molar-refractivity contribution in [3.05, 3.63) is 35.4 Å². The minimum absolute atomic E-state index is 0.0438. The maximum Gasteiger partial charge on any atom is 0.179 e. The van der Waals surface area contributed by atoms with E-state index in [0.29, 0.717) is 0 Å². The maximum absolute atomic E-state index is 12.0. The summed E-state index contributed by atoms with van der Waals surface area (Å²) in [6, 6.07) is 7.71. The lowest BCUT2D eigenvalue weighted by atomic mass is 10.0. The maximum atomic E-state index is 12.0. The van der Waals surface area contributed by atoms with Crippen LogP contribution < -0.4 is 5.32 Å². The number of hydrogen-bond donors (Lipinski definition) is 1. The lowest BCUT2D eigenvalue weighted by Crippen LogP contribution is -2.35. The molecule has 0 bridgehead atoms. The lowest BCUT2D eigenvalue weighted by molar-refractivity contribution is 0.0941. The molecule has 0 aromatic heterocycles. The van der Waals surface area contributed by atoms with Crippen molar-refractivity contribution in [3.63, 3.8) is 0 Å². The molecule has 1 aromatic rings. The van der Waals surface area contributed by atoms with Crippen LogP contribution in [0, 0.1) is 6.92 Å². The number of benzene rings is 1. The number of carbonyl (C=O) groups excluding carboxylic acids is 1. The van der Waals surface area contributed by atoms with Crippen LogP contribution in [0.2, 0.25) is 0 Å². The molecule has 0 aliphatic heterocycles. The number of aryl methyl sites for hydroxylation is 1. The van der Waals surface area contributed by atoms with Gasteiger partial charge in [-0.1, -0.05) is 43.7 Å². The van der Waals surface area contributed by atoms with Crippen molar-refractivity contribution < 1.29 is 4.79 Å². The Bertz CT molecular complexity index is 316. The molecule has 0 spiro atoms. The second-order valence-corrected chi connectivity index (χ2v) is 3.75. The third kappa shape index (κ3) is 3.17. The molecule has 0 saturated heterocycles. The fraction of sp³-hybridized carbons (Fsp3) is 0.462. The van der Waals surface area contributed by atoms with Crippen LogP contribution in [0.1, 0.15) is 36.2 Å².